The van der Waals surface area contributed by atoms with E-state index in [-0.39, 0.29) is 17.3 Å². The average molecular weight is 313 g/mol. The molecule has 0 radical (unpaired) electrons. The highest BCUT2D eigenvalue weighted by molar-refractivity contribution is 7.89. The lowest BCUT2D eigenvalue weighted by molar-refractivity contribution is -0.120. The fourth-order valence-corrected chi connectivity index (χ4v) is 4.19. The van der Waals surface area contributed by atoms with Gasteiger partial charge in [-0.15, -0.1) is 0 Å². The van der Waals surface area contributed by atoms with Crippen LogP contribution in [0.15, 0.2) is 17.0 Å². The molecule has 1 amide bonds. The number of hydrogen-bond acceptors (Lipinski definition) is 4. The number of aryl methyl sites for hydroxylation is 2. The van der Waals surface area contributed by atoms with E-state index in [1.54, 1.807) is 26.0 Å². The van der Waals surface area contributed by atoms with E-state index in [0.717, 1.165) is 0 Å². The zero-order valence-electron chi connectivity index (χ0n) is 12.9. The van der Waals surface area contributed by atoms with Crippen LogP contribution in [0.25, 0.3) is 0 Å². The highest BCUT2D eigenvalue weighted by atomic mass is 32.2. The lowest BCUT2D eigenvalue weighted by Gasteiger charge is -2.23. The molecular weight excluding hydrogens is 290 g/mol. The number of rotatable bonds is 6. The van der Waals surface area contributed by atoms with Gasteiger partial charge < -0.3 is 11.1 Å². The van der Waals surface area contributed by atoms with Gasteiger partial charge in [-0.3, -0.25) is 4.79 Å². The van der Waals surface area contributed by atoms with Gasteiger partial charge in [-0.1, -0.05) is 6.92 Å². The second kappa shape index (κ2) is 6.91. The van der Waals surface area contributed by atoms with Gasteiger partial charge in [-0.05, 0) is 43.5 Å². The lowest BCUT2D eigenvalue weighted by Crippen LogP contribution is -2.40. The van der Waals surface area contributed by atoms with Crippen molar-refractivity contribution in [2.24, 2.45) is 0 Å². The third kappa shape index (κ3) is 3.95. The Balaban J connectivity index is 3.32. The summed E-state index contributed by atoms with van der Waals surface area (Å²) in [6.07, 6.45) is 0.628. The Hall–Kier alpha value is -1.60. The van der Waals surface area contributed by atoms with Crippen LogP contribution in [0.2, 0.25) is 0 Å². The normalized spacial score (nSPS) is 11.7. The second-order valence-electron chi connectivity index (χ2n) is 5.00. The molecule has 7 heteroatoms. The Morgan fingerprint density at radius 1 is 1.29 bits per heavy atom. The number of nitrogens with zero attached hydrogens (tertiary/aromatic N) is 1. The van der Waals surface area contributed by atoms with Crippen LogP contribution < -0.4 is 11.1 Å². The third-order valence-electron chi connectivity index (χ3n) is 3.15. The number of nitrogens with two attached hydrogens (primary N) is 1. The molecule has 3 N–H and O–H groups in total. The van der Waals surface area contributed by atoms with Gasteiger partial charge in [0, 0.05) is 19.3 Å². The molecule has 0 spiro atoms. The highest BCUT2D eigenvalue weighted by Gasteiger charge is 2.28. The number of carbonyl (C=O) groups is 1. The Morgan fingerprint density at radius 2 is 1.81 bits per heavy atom. The Bertz CT molecular complexity index is 603. The van der Waals surface area contributed by atoms with Gasteiger partial charge in [0.15, 0.2) is 0 Å². The van der Waals surface area contributed by atoms with Crippen LogP contribution in [0.5, 0.6) is 0 Å². The maximum atomic E-state index is 12.8. The average Bonchev–Trinajstić information content (AvgIpc) is 2.36. The number of sulfonamides is 1. The minimum absolute atomic E-state index is 0.185. The van der Waals surface area contributed by atoms with Crippen LogP contribution in [-0.2, 0) is 14.8 Å². The van der Waals surface area contributed by atoms with E-state index < -0.39 is 10.0 Å². The highest BCUT2D eigenvalue weighted by Crippen LogP contribution is 2.26. The molecule has 1 aromatic carbocycles. The monoisotopic (exact) mass is 313 g/mol. The van der Waals surface area contributed by atoms with Crippen molar-refractivity contribution in [2.75, 3.05) is 25.9 Å². The summed E-state index contributed by atoms with van der Waals surface area (Å²) in [5.41, 5.74) is 7.44. The summed E-state index contributed by atoms with van der Waals surface area (Å²) in [6, 6.07) is 3.26. The number of carbonyl (C=O) groups excluding carboxylic acids is 1. The predicted molar refractivity (Wildman–Crippen MR) is 83.4 cm³/mol. The van der Waals surface area contributed by atoms with E-state index in [9.17, 15) is 13.2 Å². The Kier molecular flexibility index (Phi) is 5.74. The largest absolute Gasteiger partial charge is 0.399 e. The van der Waals surface area contributed by atoms with E-state index in [2.05, 4.69) is 5.32 Å². The number of hydrogen-bond donors (Lipinski definition) is 2. The SMILES string of the molecule is CCCN(CC(=O)NC)S(=O)(=O)c1c(C)cc(N)cc1C. The summed E-state index contributed by atoms with van der Waals surface area (Å²) in [5, 5.41) is 2.45. The van der Waals surface area contributed by atoms with Gasteiger partial charge >= 0.3 is 0 Å². The van der Waals surface area contributed by atoms with Crippen LogP contribution in [0, 0.1) is 13.8 Å². The summed E-state index contributed by atoms with van der Waals surface area (Å²) in [7, 11) is -2.24. The van der Waals surface area contributed by atoms with Crippen molar-refractivity contribution >= 4 is 21.6 Å². The molecule has 0 saturated heterocycles. The Labute approximate surface area is 126 Å². The maximum absolute atomic E-state index is 12.8. The summed E-state index contributed by atoms with van der Waals surface area (Å²) in [5.74, 6) is -0.335. The first-order chi connectivity index (χ1) is 9.73. The van der Waals surface area contributed by atoms with Gasteiger partial charge in [0.05, 0.1) is 11.4 Å². The van der Waals surface area contributed by atoms with Crippen LogP contribution in [0.3, 0.4) is 0 Å². The molecule has 0 aliphatic rings. The molecule has 6 nitrogen and oxygen atoms in total. The maximum Gasteiger partial charge on any atom is 0.244 e. The fraction of sp³-hybridized carbons (Fsp3) is 0.500. The molecule has 1 aromatic rings. The Morgan fingerprint density at radius 3 is 2.24 bits per heavy atom. The molecule has 0 heterocycles. The van der Waals surface area contributed by atoms with E-state index in [4.69, 9.17) is 5.73 Å². The van der Waals surface area contributed by atoms with Crippen molar-refractivity contribution in [3.05, 3.63) is 23.3 Å². The van der Waals surface area contributed by atoms with Gasteiger partial charge in [0.2, 0.25) is 15.9 Å². The van der Waals surface area contributed by atoms with Crippen molar-refractivity contribution in [2.45, 2.75) is 32.1 Å². The van der Waals surface area contributed by atoms with Gasteiger partial charge in [0.1, 0.15) is 0 Å². The van der Waals surface area contributed by atoms with Crippen LogP contribution in [0.1, 0.15) is 24.5 Å². The summed E-state index contributed by atoms with van der Waals surface area (Å²) in [4.78, 5) is 11.8. The molecule has 0 fully saturated rings. The van der Waals surface area contributed by atoms with Gasteiger partial charge in [-0.2, -0.15) is 4.31 Å². The van der Waals surface area contributed by atoms with Gasteiger partial charge in [0.25, 0.3) is 0 Å². The predicted octanol–water partition coefficient (Wildman–Crippen LogP) is 1.03. The molecule has 0 aliphatic carbocycles. The molecule has 0 unspecified atom stereocenters. The van der Waals surface area contributed by atoms with Gasteiger partial charge in [-0.25, -0.2) is 8.42 Å². The van der Waals surface area contributed by atoms with Crippen LogP contribution in [0.4, 0.5) is 5.69 Å². The molecular formula is C14H23N3O3S. The first-order valence-corrected chi connectivity index (χ1v) is 8.25. The molecule has 0 aliphatic heterocycles. The summed E-state index contributed by atoms with van der Waals surface area (Å²) >= 11 is 0. The number of nitrogen functional groups attached to an aromatic ring is 1. The van der Waals surface area contributed by atoms with Crippen molar-refractivity contribution in [3.8, 4) is 0 Å². The molecule has 0 saturated carbocycles. The van der Waals surface area contributed by atoms with Crippen molar-refractivity contribution < 1.29 is 13.2 Å². The molecule has 0 bridgehead atoms. The smallest absolute Gasteiger partial charge is 0.244 e. The standard InChI is InChI=1S/C14H23N3O3S/c1-5-6-17(9-13(18)16-4)21(19,20)14-10(2)7-12(15)8-11(14)3/h7-8H,5-6,9,15H2,1-4H3,(H,16,18). The quantitative estimate of drug-likeness (QED) is 0.767. The van der Waals surface area contributed by atoms with Crippen molar-refractivity contribution in [3.63, 3.8) is 0 Å². The molecule has 1 rings (SSSR count). The number of amides is 1. The first-order valence-electron chi connectivity index (χ1n) is 6.81. The molecule has 0 aromatic heterocycles. The van der Waals surface area contributed by atoms with Crippen molar-refractivity contribution in [1.29, 1.82) is 0 Å². The van der Waals surface area contributed by atoms with E-state index in [1.165, 1.54) is 11.4 Å². The van der Waals surface area contributed by atoms with E-state index in [0.29, 0.717) is 29.8 Å². The van der Waals surface area contributed by atoms with Crippen LogP contribution >= 0.6 is 0 Å². The lowest BCUT2D eigenvalue weighted by atomic mass is 10.1. The van der Waals surface area contributed by atoms with Crippen LogP contribution in [-0.4, -0.2) is 38.8 Å². The number of anilines is 1. The number of nitrogens with one attached hydrogen (secondary N) is 1. The zero-order chi connectivity index (χ0) is 16.2. The minimum Gasteiger partial charge on any atom is -0.399 e. The van der Waals surface area contributed by atoms with Crippen molar-refractivity contribution in [1.82, 2.24) is 9.62 Å². The number of benzene rings is 1. The van der Waals surface area contributed by atoms with E-state index in [1.807, 2.05) is 6.92 Å². The topological polar surface area (TPSA) is 92.5 Å². The number of likely N-dealkylation sites (N-methyl/N-ethyl adjacent to an activating group) is 1. The van der Waals surface area contributed by atoms with E-state index >= 15 is 0 Å². The summed E-state index contributed by atoms with van der Waals surface area (Å²) < 4.78 is 26.9. The molecule has 118 valence electrons. The fourth-order valence-electron chi connectivity index (χ4n) is 2.29. The molecule has 21 heavy (non-hydrogen) atoms. The second-order valence-corrected chi connectivity index (χ2v) is 6.87. The molecule has 0 atom stereocenters. The summed E-state index contributed by atoms with van der Waals surface area (Å²) in [6.45, 7) is 5.39. The minimum atomic E-state index is -3.73. The third-order valence-corrected chi connectivity index (χ3v) is 5.30. The zero-order valence-corrected chi connectivity index (χ0v) is 13.8. The first kappa shape index (κ1) is 17.5.